The van der Waals surface area contributed by atoms with E-state index in [4.69, 9.17) is 5.14 Å². The van der Waals surface area contributed by atoms with Gasteiger partial charge in [0.1, 0.15) is 0 Å². The highest BCUT2D eigenvalue weighted by Crippen LogP contribution is 2.29. The summed E-state index contributed by atoms with van der Waals surface area (Å²) in [4.78, 5) is 17.7. The highest BCUT2D eigenvalue weighted by Gasteiger charge is 2.16. The van der Waals surface area contributed by atoms with Crippen LogP contribution in [0, 0.1) is 6.92 Å². The first-order valence-corrected chi connectivity index (χ1v) is 9.13. The number of nitrogens with two attached hydrogens (primary N) is 1. The Bertz CT molecular complexity index is 785. The van der Waals surface area contributed by atoms with Gasteiger partial charge in [-0.1, -0.05) is 0 Å². The van der Waals surface area contributed by atoms with Gasteiger partial charge >= 0.3 is 5.97 Å². The minimum Gasteiger partial charge on any atom is -0.469 e. The van der Waals surface area contributed by atoms with Crippen molar-refractivity contribution in [3.8, 4) is 0 Å². The molecule has 0 fully saturated rings. The van der Waals surface area contributed by atoms with Gasteiger partial charge in [0.15, 0.2) is 5.13 Å². The van der Waals surface area contributed by atoms with Crippen molar-refractivity contribution in [1.29, 1.82) is 0 Å². The van der Waals surface area contributed by atoms with Gasteiger partial charge in [0.25, 0.3) is 0 Å². The van der Waals surface area contributed by atoms with E-state index in [2.05, 4.69) is 9.72 Å². The number of rotatable bonds is 6. The lowest BCUT2D eigenvalue weighted by Crippen LogP contribution is -2.21. The smallest absolute Gasteiger partial charge is 0.307 e. The first-order chi connectivity index (χ1) is 10.8. The zero-order valence-corrected chi connectivity index (χ0v) is 14.4. The molecule has 0 amide bonds. The zero-order chi connectivity index (χ0) is 17.0. The molecule has 2 rings (SSSR count). The summed E-state index contributed by atoms with van der Waals surface area (Å²) >= 11 is 1.44. The van der Waals surface area contributed by atoms with E-state index in [9.17, 15) is 13.2 Å². The van der Waals surface area contributed by atoms with Crippen molar-refractivity contribution in [2.75, 3.05) is 18.6 Å². The number of aromatic nitrogens is 1. The molecule has 2 N–H and O–H groups in total. The minimum absolute atomic E-state index is 0.0319. The van der Waals surface area contributed by atoms with E-state index in [1.165, 1.54) is 30.6 Å². The number of hydrogen-bond donors (Lipinski definition) is 1. The maximum absolute atomic E-state index is 11.4. The summed E-state index contributed by atoms with van der Waals surface area (Å²) in [6, 6.07) is 6.12. The normalized spacial score (nSPS) is 11.3. The molecule has 0 unspecified atom stereocenters. The van der Waals surface area contributed by atoms with Crippen LogP contribution >= 0.6 is 11.3 Å². The van der Waals surface area contributed by atoms with E-state index in [0.717, 1.165) is 16.5 Å². The summed E-state index contributed by atoms with van der Waals surface area (Å²) in [6.07, 6.45) is 0.187. The summed E-state index contributed by atoms with van der Waals surface area (Å²) < 4.78 is 27.3. The lowest BCUT2D eigenvalue weighted by atomic mass is 10.3. The molecule has 9 heteroatoms. The Morgan fingerprint density at radius 3 is 2.48 bits per heavy atom. The van der Waals surface area contributed by atoms with E-state index in [1.54, 1.807) is 12.1 Å². The fraction of sp³-hybridized carbons (Fsp3) is 0.286. The number of esters is 1. The van der Waals surface area contributed by atoms with Gasteiger partial charge in [0.2, 0.25) is 10.0 Å². The van der Waals surface area contributed by atoms with Crippen LogP contribution in [-0.2, 0) is 19.6 Å². The van der Waals surface area contributed by atoms with Gasteiger partial charge in [0, 0.05) is 17.6 Å². The van der Waals surface area contributed by atoms with Gasteiger partial charge < -0.3 is 9.64 Å². The Balaban J connectivity index is 2.31. The Morgan fingerprint density at radius 1 is 1.35 bits per heavy atom. The van der Waals surface area contributed by atoms with Crippen molar-refractivity contribution < 1.29 is 17.9 Å². The number of anilines is 2. The maximum atomic E-state index is 11.4. The molecule has 0 aliphatic rings. The molecule has 1 aromatic carbocycles. The number of carbonyl (C=O) groups excluding carboxylic acids is 1. The first-order valence-electron chi connectivity index (χ1n) is 6.70. The standard InChI is InChI=1S/C14H17N3O4S2/c1-10-9-22-14(16-10)17(8-7-13(18)21-2)11-3-5-12(6-4-11)23(15,19)20/h3-6,9H,7-8H2,1-2H3,(H2,15,19,20). The average Bonchev–Trinajstić information content (AvgIpc) is 2.93. The van der Waals surface area contributed by atoms with Gasteiger partial charge in [-0.3, -0.25) is 4.79 Å². The number of ether oxygens (including phenoxy) is 1. The summed E-state index contributed by atoms with van der Waals surface area (Å²) in [5.74, 6) is -0.329. The molecule has 0 atom stereocenters. The van der Waals surface area contributed by atoms with Crippen molar-refractivity contribution in [3.63, 3.8) is 0 Å². The largest absolute Gasteiger partial charge is 0.469 e. The maximum Gasteiger partial charge on any atom is 0.307 e. The third kappa shape index (κ3) is 4.50. The van der Waals surface area contributed by atoms with Gasteiger partial charge in [-0.15, -0.1) is 11.3 Å². The van der Waals surface area contributed by atoms with E-state index in [1.807, 2.05) is 17.2 Å². The van der Waals surface area contributed by atoms with Crippen LogP contribution in [0.1, 0.15) is 12.1 Å². The fourth-order valence-electron chi connectivity index (χ4n) is 1.92. The molecule has 1 aromatic heterocycles. The van der Waals surface area contributed by atoms with Crippen molar-refractivity contribution >= 4 is 38.1 Å². The van der Waals surface area contributed by atoms with Crippen LogP contribution < -0.4 is 10.0 Å². The van der Waals surface area contributed by atoms with Gasteiger partial charge in [-0.05, 0) is 31.2 Å². The first kappa shape index (κ1) is 17.4. The van der Waals surface area contributed by atoms with E-state index in [0.29, 0.717) is 6.54 Å². The molecule has 23 heavy (non-hydrogen) atoms. The molecular weight excluding hydrogens is 338 g/mol. The summed E-state index contributed by atoms with van der Waals surface area (Å²) in [6.45, 7) is 2.25. The van der Waals surface area contributed by atoms with Crippen molar-refractivity contribution in [1.82, 2.24) is 4.98 Å². The van der Waals surface area contributed by atoms with Crippen LogP contribution in [0.15, 0.2) is 34.5 Å². The lowest BCUT2D eigenvalue weighted by molar-refractivity contribution is -0.140. The van der Waals surface area contributed by atoms with E-state index >= 15 is 0 Å². The minimum atomic E-state index is -3.74. The van der Waals surface area contributed by atoms with Crippen molar-refractivity contribution in [2.24, 2.45) is 5.14 Å². The summed E-state index contributed by atoms with van der Waals surface area (Å²) in [5, 5.41) is 7.72. The molecule has 0 bridgehead atoms. The summed E-state index contributed by atoms with van der Waals surface area (Å²) in [7, 11) is -2.41. The fourth-order valence-corrected chi connectivity index (χ4v) is 3.29. The second-order valence-corrected chi connectivity index (χ2v) is 7.19. The molecule has 0 saturated carbocycles. The van der Waals surface area contributed by atoms with E-state index in [-0.39, 0.29) is 17.3 Å². The van der Waals surface area contributed by atoms with E-state index < -0.39 is 10.0 Å². The molecular formula is C14H17N3O4S2. The number of methoxy groups -OCH3 is 1. The average molecular weight is 355 g/mol. The third-order valence-electron chi connectivity index (χ3n) is 3.08. The lowest BCUT2D eigenvalue weighted by Gasteiger charge is -2.21. The Kier molecular flexibility index (Phi) is 5.34. The predicted octanol–water partition coefficient (Wildman–Crippen LogP) is 1.80. The SMILES string of the molecule is COC(=O)CCN(c1ccc(S(N)(=O)=O)cc1)c1nc(C)cs1. The quantitative estimate of drug-likeness (QED) is 0.793. The topological polar surface area (TPSA) is 103 Å². The Hall–Kier alpha value is -1.97. The highest BCUT2D eigenvalue weighted by atomic mass is 32.2. The van der Waals surface area contributed by atoms with Crippen LogP contribution in [0.2, 0.25) is 0 Å². The number of nitrogens with zero attached hydrogens (tertiary/aromatic N) is 2. The Labute approximate surface area is 138 Å². The van der Waals surface area contributed by atoms with Crippen LogP contribution in [0.25, 0.3) is 0 Å². The molecule has 124 valence electrons. The number of primary sulfonamides is 1. The second-order valence-electron chi connectivity index (χ2n) is 4.79. The third-order valence-corrected chi connectivity index (χ3v) is 4.99. The number of thiazole rings is 1. The van der Waals surface area contributed by atoms with Gasteiger partial charge in [-0.2, -0.15) is 0 Å². The molecule has 0 aliphatic heterocycles. The molecule has 0 spiro atoms. The molecule has 0 radical (unpaired) electrons. The molecule has 2 aromatic rings. The highest BCUT2D eigenvalue weighted by molar-refractivity contribution is 7.89. The summed E-state index contributed by atoms with van der Waals surface area (Å²) in [5.41, 5.74) is 1.59. The number of sulfonamides is 1. The van der Waals surface area contributed by atoms with Crippen molar-refractivity contribution in [2.45, 2.75) is 18.2 Å². The monoisotopic (exact) mass is 355 g/mol. The number of aryl methyl sites for hydroxylation is 1. The van der Waals surface area contributed by atoms with Crippen LogP contribution in [-0.4, -0.2) is 33.0 Å². The molecule has 0 saturated heterocycles. The van der Waals surface area contributed by atoms with Gasteiger partial charge in [0.05, 0.1) is 24.1 Å². The molecule has 7 nitrogen and oxygen atoms in total. The van der Waals surface area contributed by atoms with Crippen LogP contribution in [0.5, 0.6) is 0 Å². The van der Waals surface area contributed by atoms with Crippen LogP contribution in [0.4, 0.5) is 10.8 Å². The number of carbonyl (C=O) groups is 1. The number of hydrogen-bond acceptors (Lipinski definition) is 7. The van der Waals surface area contributed by atoms with Crippen LogP contribution in [0.3, 0.4) is 0 Å². The second kappa shape index (κ2) is 7.07. The molecule has 1 heterocycles. The zero-order valence-electron chi connectivity index (χ0n) is 12.7. The predicted molar refractivity (Wildman–Crippen MR) is 88.3 cm³/mol. The Morgan fingerprint density at radius 2 is 2.00 bits per heavy atom. The van der Waals surface area contributed by atoms with Gasteiger partial charge in [-0.25, -0.2) is 18.5 Å². The van der Waals surface area contributed by atoms with Crippen molar-refractivity contribution in [3.05, 3.63) is 35.3 Å². The molecule has 0 aliphatic carbocycles. The number of benzene rings is 1.